The maximum absolute atomic E-state index is 14.3. The fourth-order valence-corrected chi connectivity index (χ4v) is 8.27. The first kappa shape index (κ1) is 78.2. The number of hydrogen-bond donors (Lipinski definition) is 12. The Morgan fingerprint density at radius 3 is 1.22 bits per heavy atom. The van der Waals surface area contributed by atoms with Crippen molar-refractivity contribution in [2.24, 2.45) is 33.3 Å². The lowest BCUT2D eigenvalue weighted by Gasteiger charge is -2.27. The lowest BCUT2D eigenvalue weighted by molar-refractivity contribution is -0.525. The topological polar surface area (TPSA) is 508 Å². The molecule has 0 aromatic heterocycles. The van der Waals surface area contributed by atoms with Crippen molar-refractivity contribution >= 4 is 77.3 Å². The van der Waals surface area contributed by atoms with Gasteiger partial charge in [0.25, 0.3) is 11.9 Å². The van der Waals surface area contributed by atoms with Crippen molar-refractivity contribution in [3.05, 3.63) is 128 Å². The first-order valence-electron chi connectivity index (χ1n) is 30.0. The van der Waals surface area contributed by atoms with E-state index in [1.165, 1.54) is 13.8 Å². The quantitative estimate of drug-likeness (QED) is 0.00661. The number of hydrazine groups is 2. The van der Waals surface area contributed by atoms with E-state index in [9.17, 15) is 73.0 Å². The highest BCUT2D eigenvalue weighted by atomic mass is 16.7. The van der Waals surface area contributed by atoms with Gasteiger partial charge in [-0.05, 0) is 75.0 Å². The number of alkyl carbamates (subject to hydrolysis) is 1. The molecule has 0 saturated heterocycles. The van der Waals surface area contributed by atoms with E-state index in [0.29, 0.717) is 16.7 Å². The third kappa shape index (κ3) is 32.7. The summed E-state index contributed by atoms with van der Waals surface area (Å²) in [4.78, 5) is 180. The van der Waals surface area contributed by atoms with Crippen LogP contribution in [-0.4, -0.2) is 155 Å². The molecule has 0 unspecified atom stereocenters. The van der Waals surface area contributed by atoms with Crippen LogP contribution in [-0.2, 0) is 86.7 Å². The van der Waals surface area contributed by atoms with Gasteiger partial charge in [0.15, 0.2) is 10.1 Å². The van der Waals surface area contributed by atoms with Crippen molar-refractivity contribution in [2.45, 2.75) is 149 Å². The number of nitrogens with two attached hydrogens (primary N) is 2. The summed E-state index contributed by atoms with van der Waals surface area (Å²) in [5, 5.41) is 39.1. The second-order valence-corrected chi connectivity index (χ2v) is 22.7. The molecule has 0 aliphatic rings. The molecule has 0 spiro atoms. The highest BCUT2D eigenvalue weighted by molar-refractivity contribution is 5.98. The van der Waals surface area contributed by atoms with Crippen molar-refractivity contribution in [3.63, 3.8) is 0 Å². The van der Waals surface area contributed by atoms with Crippen LogP contribution in [0.2, 0.25) is 0 Å². The molecule has 3 aromatic rings. The molecule has 0 aliphatic carbocycles. The summed E-state index contributed by atoms with van der Waals surface area (Å²) in [6.07, 6.45) is -3.18. The molecule has 3 rings (SSSR count). The maximum atomic E-state index is 14.3. The number of amides is 8. The van der Waals surface area contributed by atoms with Crippen molar-refractivity contribution < 1.29 is 81.8 Å². The lowest BCUT2D eigenvalue weighted by Crippen LogP contribution is -2.59. The number of nitrogens with zero attached hydrogens (tertiary/aromatic N) is 4. The summed E-state index contributed by atoms with van der Waals surface area (Å²) in [7, 11) is 0. The molecular weight excluding hydrogens is 1250 g/mol. The Labute approximate surface area is 546 Å². The average Bonchev–Trinajstić information content (AvgIpc) is 1.22. The standard InChI is InChI=1S/C60H84N16O19/c1-36(2)49(71-53(83)43(29-47(79)92-33-38-19-11-8-12-20-38)67-46(78)32-66-52(82)42(70-59(87)95-60(5,6)7)26-18-28-64-58(62)74-76(90)91)55(85)69-41(25-17-27-63-57(61)73-75(88)89)51(81)65-31-45(77)68-44(30-48(80)93-34-39-21-13-9-14-22-39)54(84)72-50(37(3)4)56(86)94-35-40-23-15-10-16-24-40/h8-16,19-24,36-37,41-44,49-50H,17-18,25-35H2,1-7H3,(H,65,81)(H,66,82)(H,67,78)(H,68,77)(H,69,85)(H,70,87)(H,71,83)(H,72,84)(H3,61,63,73)(H3,62,64,74)/t41-,42-,43-,44-,49-,50-/m0/s1. The molecule has 0 aliphatic heterocycles. The fourth-order valence-electron chi connectivity index (χ4n) is 8.27. The first-order chi connectivity index (χ1) is 44.9. The lowest BCUT2D eigenvalue weighted by atomic mass is 10.0. The summed E-state index contributed by atoms with van der Waals surface area (Å²) in [6, 6.07) is 16.3. The van der Waals surface area contributed by atoms with Crippen molar-refractivity contribution in [2.75, 3.05) is 26.2 Å². The number of guanidine groups is 2. The normalized spacial score (nSPS) is 13.3. The third-order valence-electron chi connectivity index (χ3n) is 13.0. The number of nitrogens with one attached hydrogen (secondary N) is 10. The SMILES string of the molecule is CC(C)[C@H](NC(=O)[C@H](CC(=O)OCc1ccccc1)NC(=O)CNC(=O)[C@H](CCCN=C(N)N[N+](=O)[O-])NC(=O)OC(C)(C)C)C(=O)N[C@@H](CCCN=C(N)N[N+](=O)[O-])C(=O)NCC(=O)N[C@@H](CC(=O)OCc1ccccc1)C(=O)N[C@H](C(=O)OCc1ccccc1)C(C)C. The average molecular weight is 1330 g/mol. The van der Waals surface area contributed by atoms with E-state index >= 15 is 0 Å². The predicted molar refractivity (Wildman–Crippen MR) is 338 cm³/mol. The molecule has 0 saturated carbocycles. The van der Waals surface area contributed by atoms with E-state index in [1.807, 2.05) is 0 Å². The van der Waals surface area contributed by atoms with Gasteiger partial charge in [-0.3, -0.25) is 43.2 Å². The Kier molecular flexibility index (Phi) is 33.5. The van der Waals surface area contributed by atoms with Gasteiger partial charge >= 0.3 is 24.0 Å². The molecule has 0 bridgehead atoms. The number of nitro groups is 2. The number of carbonyl (C=O) groups is 11. The number of hydrogen-bond acceptors (Lipinski definition) is 21. The fraction of sp³-hybridized carbons (Fsp3) is 0.483. The summed E-state index contributed by atoms with van der Waals surface area (Å²) in [6.45, 7) is 8.17. The molecule has 3 aromatic carbocycles. The number of carbonyl (C=O) groups excluding carboxylic acids is 11. The molecule has 0 radical (unpaired) electrons. The van der Waals surface area contributed by atoms with Crippen LogP contribution >= 0.6 is 0 Å². The molecule has 0 heterocycles. The van der Waals surface area contributed by atoms with Crippen LogP contribution in [0.1, 0.15) is 104 Å². The largest absolute Gasteiger partial charge is 0.461 e. The van der Waals surface area contributed by atoms with Gasteiger partial charge in [-0.2, -0.15) is 0 Å². The van der Waals surface area contributed by atoms with Gasteiger partial charge in [-0.25, -0.2) is 39.8 Å². The summed E-state index contributed by atoms with van der Waals surface area (Å²) in [5.74, 6) is -12.5. The number of benzene rings is 3. The van der Waals surface area contributed by atoms with Crippen LogP contribution in [0.25, 0.3) is 0 Å². The molecule has 0 fully saturated rings. The van der Waals surface area contributed by atoms with Gasteiger partial charge in [0.05, 0.1) is 25.9 Å². The zero-order valence-electron chi connectivity index (χ0n) is 53.7. The van der Waals surface area contributed by atoms with Gasteiger partial charge in [-0.15, -0.1) is 0 Å². The van der Waals surface area contributed by atoms with Gasteiger partial charge in [-0.1, -0.05) is 130 Å². The van der Waals surface area contributed by atoms with Crippen molar-refractivity contribution in [3.8, 4) is 0 Å². The second kappa shape index (κ2) is 40.7. The van der Waals surface area contributed by atoms with Gasteiger partial charge in [0.2, 0.25) is 41.4 Å². The Bertz CT molecular complexity index is 3150. The Morgan fingerprint density at radius 2 is 0.853 bits per heavy atom. The van der Waals surface area contributed by atoms with E-state index in [0.717, 1.165) is 0 Å². The number of aliphatic imine (C=N–C) groups is 2. The van der Waals surface area contributed by atoms with Crippen LogP contribution < -0.4 is 64.9 Å². The van der Waals surface area contributed by atoms with Crippen LogP contribution in [0.4, 0.5) is 4.79 Å². The van der Waals surface area contributed by atoms with Crippen LogP contribution in [0.5, 0.6) is 0 Å². The monoisotopic (exact) mass is 1330 g/mol. The summed E-state index contributed by atoms with van der Waals surface area (Å²) < 4.78 is 21.5. The van der Waals surface area contributed by atoms with E-state index < -0.39 is 167 Å². The van der Waals surface area contributed by atoms with Crippen molar-refractivity contribution in [1.29, 1.82) is 0 Å². The smallest absolute Gasteiger partial charge is 0.408 e. The van der Waals surface area contributed by atoms with Crippen LogP contribution in [0, 0.1) is 32.1 Å². The molecule has 14 N–H and O–H groups in total. The minimum absolute atomic E-state index is 0.0192. The number of rotatable bonds is 38. The zero-order valence-corrected chi connectivity index (χ0v) is 53.7. The molecule has 35 heteroatoms. The number of ether oxygens (including phenoxy) is 4. The van der Waals surface area contributed by atoms with Gasteiger partial charge < -0.3 is 72.9 Å². The highest BCUT2D eigenvalue weighted by Gasteiger charge is 2.35. The molecule has 8 amide bonds. The zero-order chi connectivity index (χ0) is 70.6. The third-order valence-corrected chi connectivity index (χ3v) is 13.0. The van der Waals surface area contributed by atoms with E-state index in [-0.39, 0.29) is 58.6 Å². The highest BCUT2D eigenvalue weighted by Crippen LogP contribution is 2.13. The molecule has 35 nitrogen and oxygen atoms in total. The van der Waals surface area contributed by atoms with Gasteiger partial charge in [0, 0.05) is 13.1 Å². The van der Waals surface area contributed by atoms with E-state index in [2.05, 4.69) is 52.5 Å². The minimum atomic E-state index is -1.82. The Balaban J connectivity index is 1.89. The van der Waals surface area contributed by atoms with Crippen LogP contribution in [0.15, 0.2) is 101 Å². The Hall–Kier alpha value is -11.0. The van der Waals surface area contributed by atoms with Crippen molar-refractivity contribution in [1.82, 2.24) is 53.4 Å². The summed E-state index contributed by atoms with van der Waals surface area (Å²) >= 11 is 0. The second-order valence-electron chi connectivity index (χ2n) is 22.7. The van der Waals surface area contributed by atoms with E-state index in [1.54, 1.807) is 136 Å². The predicted octanol–water partition coefficient (Wildman–Crippen LogP) is -0.389. The van der Waals surface area contributed by atoms with Crippen LogP contribution in [0.3, 0.4) is 0 Å². The molecular formula is C60H84N16O19. The molecule has 518 valence electrons. The molecule has 95 heavy (non-hydrogen) atoms. The molecule has 6 atom stereocenters. The van der Waals surface area contributed by atoms with Gasteiger partial charge in [0.1, 0.15) is 61.7 Å². The summed E-state index contributed by atoms with van der Waals surface area (Å²) in [5.41, 5.74) is 15.2. The Morgan fingerprint density at radius 1 is 0.484 bits per heavy atom. The first-order valence-corrected chi connectivity index (χ1v) is 30.0. The number of esters is 3. The minimum Gasteiger partial charge on any atom is -0.461 e. The maximum Gasteiger partial charge on any atom is 0.408 e. The van der Waals surface area contributed by atoms with E-state index in [4.69, 9.17) is 30.4 Å².